The molecule has 0 spiro atoms. The van der Waals surface area contributed by atoms with Gasteiger partial charge >= 0.3 is 0 Å². The largest absolute Gasteiger partial charge is 0.391 e. The molecule has 1 saturated carbocycles. The summed E-state index contributed by atoms with van der Waals surface area (Å²) in [6.45, 7) is 2.38. The average molecular weight is 336 g/mol. The Bertz CT molecular complexity index is 761. The van der Waals surface area contributed by atoms with Gasteiger partial charge < -0.3 is 5.11 Å². The van der Waals surface area contributed by atoms with Crippen molar-refractivity contribution in [2.45, 2.75) is 43.4 Å². The van der Waals surface area contributed by atoms with Gasteiger partial charge in [0.15, 0.2) is 0 Å². The van der Waals surface area contributed by atoms with Gasteiger partial charge in [-0.25, -0.2) is 13.1 Å². The van der Waals surface area contributed by atoms with Crippen LogP contribution in [0.2, 0.25) is 0 Å². The second-order valence-electron chi connectivity index (χ2n) is 6.00. The van der Waals surface area contributed by atoms with Crippen molar-refractivity contribution in [3.05, 3.63) is 42.5 Å². The smallest absolute Gasteiger partial charge is 0.241 e. The van der Waals surface area contributed by atoms with Gasteiger partial charge in [-0.05, 0) is 43.4 Å². The number of rotatable bonds is 5. The van der Waals surface area contributed by atoms with E-state index in [9.17, 15) is 13.5 Å². The lowest BCUT2D eigenvalue weighted by atomic mass is 10.1. The van der Waals surface area contributed by atoms with Crippen LogP contribution in [0.4, 0.5) is 0 Å². The average Bonchev–Trinajstić information content (AvgIpc) is 3.10. The number of aryl methyl sites for hydroxylation is 1. The molecule has 3 rings (SSSR count). The molecule has 2 heterocycles. The number of pyridine rings is 1. The normalized spacial score (nSPS) is 24.9. The fourth-order valence-corrected chi connectivity index (χ4v) is 4.59. The maximum atomic E-state index is 12.5. The van der Waals surface area contributed by atoms with Crippen molar-refractivity contribution < 1.29 is 13.5 Å². The van der Waals surface area contributed by atoms with E-state index in [4.69, 9.17) is 0 Å². The first kappa shape index (κ1) is 16.1. The Kier molecular flexibility index (Phi) is 4.47. The van der Waals surface area contributed by atoms with Crippen molar-refractivity contribution >= 4 is 10.0 Å². The SMILES string of the molecule is Cc1cnccc1S(=O)(=O)N[C@@H]1CC(Cn2cccn2)C[C@H]1O. The van der Waals surface area contributed by atoms with Crippen molar-refractivity contribution in [2.75, 3.05) is 0 Å². The van der Waals surface area contributed by atoms with Crippen LogP contribution in [0.3, 0.4) is 0 Å². The van der Waals surface area contributed by atoms with Crippen LogP contribution in [0.1, 0.15) is 18.4 Å². The molecule has 0 radical (unpaired) electrons. The van der Waals surface area contributed by atoms with Gasteiger partial charge in [0, 0.05) is 37.4 Å². The molecular formula is C15H20N4O3S. The van der Waals surface area contributed by atoms with E-state index in [1.807, 2.05) is 12.3 Å². The molecule has 0 bridgehead atoms. The summed E-state index contributed by atoms with van der Waals surface area (Å²) in [6, 6.07) is 2.84. The third-order valence-electron chi connectivity index (χ3n) is 4.20. The van der Waals surface area contributed by atoms with Crippen LogP contribution in [0, 0.1) is 12.8 Å². The molecule has 2 aromatic heterocycles. The molecule has 1 fully saturated rings. The zero-order valence-corrected chi connectivity index (χ0v) is 13.6. The quantitative estimate of drug-likeness (QED) is 0.838. The Labute approximate surface area is 135 Å². The highest BCUT2D eigenvalue weighted by atomic mass is 32.2. The van der Waals surface area contributed by atoms with Gasteiger partial charge in [0.1, 0.15) is 0 Å². The first-order valence-electron chi connectivity index (χ1n) is 7.54. The number of hydrogen-bond acceptors (Lipinski definition) is 5. The molecule has 3 atom stereocenters. The lowest BCUT2D eigenvalue weighted by Crippen LogP contribution is -2.40. The molecule has 1 aliphatic rings. The standard InChI is InChI=1S/C15H20N4O3S/c1-11-9-16-5-3-15(11)23(21,22)18-13-7-12(8-14(13)20)10-19-6-2-4-17-19/h2-6,9,12-14,18,20H,7-8,10H2,1H3/t12?,13-,14-/m1/s1. The van der Waals surface area contributed by atoms with E-state index in [1.165, 1.54) is 18.5 Å². The van der Waals surface area contributed by atoms with Crippen LogP contribution >= 0.6 is 0 Å². The third-order valence-corrected chi connectivity index (χ3v) is 5.85. The fraction of sp³-hybridized carbons (Fsp3) is 0.467. The van der Waals surface area contributed by atoms with Gasteiger partial charge in [0.2, 0.25) is 10.0 Å². The summed E-state index contributed by atoms with van der Waals surface area (Å²) >= 11 is 0. The minimum atomic E-state index is -3.67. The molecule has 23 heavy (non-hydrogen) atoms. The highest BCUT2D eigenvalue weighted by Crippen LogP contribution is 2.28. The summed E-state index contributed by atoms with van der Waals surface area (Å²) < 4.78 is 29.5. The summed E-state index contributed by atoms with van der Waals surface area (Å²) in [6.07, 6.45) is 7.00. The third kappa shape index (κ3) is 3.60. The number of aliphatic hydroxyl groups is 1. The van der Waals surface area contributed by atoms with Crippen molar-refractivity contribution in [3.8, 4) is 0 Å². The van der Waals surface area contributed by atoms with Crippen LogP contribution in [0.15, 0.2) is 41.8 Å². The first-order valence-corrected chi connectivity index (χ1v) is 9.02. The second-order valence-corrected chi connectivity index (χ2v) is 7.68. The summed E-state index contributed by atoms with van der Waals surface area (Å²) in [4.78, 5) is 4.11. The molecule has 0 aromatic carbocycles. The molecule has 7 nitrogen and oxygen atoms in total. The minimum Gasteiger partial charge on any atom is -0.391 e. The predicted octanol–water partition coefficient (Wildman–Crippen LogP) is 0.705. The van der Waals surface area contributed by atoms with Crippen LogP contribution in [-0.4, -0.2) is 40.4 Å². The summed E-state index contributed by atoms with van der Waals surface area (Å²) in [5, 5.41) is 14.4. The molecule has 1 aliphatic carbocycles. The molecule has 2 aromatic rings. The molecule has 1 unspecified atom stereocenters. The monoisotopic (exact) mass is 336 g/mol. The Morgan fingerprint density at radius 3 is 2.91 bits per heavy atom. The zero-order valence-electron chi connectivity index (χ0n) is 12.8. The van der Waals surface area contributed by atoms with Gasteiger partial charge in [0.25, 0.3) is 0 Å². The zero-order chi connectivity index (χ0) is 16.4. The van der Waals surface area contributed by atoms with Crippen molar-refractivity contribution in [1.29, 1.82) is 0 Å². The maximum Gasteiger partial charge on any atom is 0.241 e. The van der Waals surface area contributed by atoms with E-state index >= 15 is 0 Å². The lowest BCUT2D eigenvalue weighted by Gasteiger charge is -2.17. The summed E-state index contributed by atoms with van der Waals surface area (Å²) in [5.74, 6) is 0.191. The Balaban J connectivity index is 1.69. The molecular weight excluding hydrogens is 316 g/mol. The summed E-state index contributed by atoms with van der Waals surface area (Å²) in [5.41, 5.74) is 0.584. The van der Waals surface area contributed by atoms with Gasteiger partial charge in [-0.3, -0.25) is 9.67 Å². The van der Waals surface area contributed by atoms with E-state index in [0.717, 1.165) is 0 Å². The molecule has 2 N–H and O–H groups in total. The van der Waals surface area contributed by atoms with Gasteiger partial charge in [0.05, 0.1) is 11.0 Å². The van der Waals surface area contributed by atoms with E-state index in [0.29, 0.717) is 24.9 Å². The second kappa shape index (κ2) is 6.38. The summed E-state index contributed by atoms with van der Waals surface area (Å²) in [7, 11) is -3.67. The van der Waals surface area contributed by atoms with Gasteiger partial charge in [-0.1, -0.05) is 0 Å². The van der Waals surface area contributed by atoms with Crippen molar-refractivity contribution in [2.24, 2.45) is 5.92 Å². The number of aromatic nitrogens is 3. The number of hydrogen-bond donors (Lipinski definition) is 2. The minimum absolute atomic E-state index is 0.191. The number of nitrogens with one attached hydrogen (secondary N) is 1. The van der Waals surface area contributed by atoms with E-state index < -0.39 is 22.2 Å². The maximum absolute atomic E-state index is 12.5. The number of aliphatic hydroxyl groups excluding tert-OH is 1. The Morgan fingerprint density at radius 1 is 1.39 bits per heavy atom. The predicted molar refractivity (Wildman–Crippen MR) is 84.0 cm³/mol. The molecule has 124 valence electrons. The van der Waals surface area contributed by atoms with Crippen LogP contribution in [0.5, 0.6) is 0 Å². The Hall–Kier alpha value is -1.77. The first-order chi connectivity index (χ1) is 11.0. The van der Waals surface area contributed by atoms with E-state index in [1.54, 1.807) is 17.8 Å². The topological polar surface area (TPSA) is 97.1 Å². The van der Waals surface area contributed by atoms with E-state index in [2.05, 4.69) is 14.8 Å². The fourth-order valence-electron chi connectivity index (χ4n) is 3.09. The van der Waals surface area contributed by atoms with Crippen molar-refractivity contribution in [3.63, 3.8) is 0 Å². The Morgan fingerprint density at radius 2 is 2.22 bits per heavy atom. The van der Waals surface area contributed by atoms with E-state index in [-0.39, 0.29) is 10.8 Å². The van der Waals surface area contributed by atoms with Crippen LogP contribution < -0.4 is 4.72 Å². The van der Waals surface area contributed by atoms with Crippen LogP contribution in [0.25, 0.3) is 0 Å². The van der Waals surface area contributed by atoms with Crippen LogP contribution in [-0.2, 0) is 16.6 Å². The molecule has 0 saturated heterocycles. The lowest BCUT2D eigenvalue weighted by molar-refractivity contribution is 0.154. The van der Waals surface area contributed by atoms with Gasteiger partial charge in [-0.2, -0.15) is 5.10 Å². The number of nitrogens with zero attached hydrogens (tertiary/aromatic N) is 3. The van der Waals surface area contributed by atoms with Gasteiger partial charge in [-0.15, -0.1) is 0 Å². The number of sulfonamides is 1. The highest BCUT2D eigenvalue weighted by Gasteiger charge is 2.36. The highest BCUT2D eigenvalue weighted by molar-refractivity contribution is 7.89. The molecule has 8 heteroatoms. The van der Waals surface area contributed by atoms with Crippen molar-refractivity contribution in [1.82, 2.24) is 19.5 Å². The molecule has 0 amide bonds. The molecule has 0 aliphatic heterocycles.